The van der Waals surface area contributed by atoms with E-state index in [9.17, 15) is 0 Å². The van der Waals surface area contributed by atoms with Crippen LogP contribution in [0.1, 0.15) is 36.4 Å². The first-order chi connectivity index (χ1) is 7.81. The number of benzene rings is 1. The van der Waals surface area contributed by atoms with Crippen molar-refractivity contribution in [3.8, 4) is 5.75 Å². The Hall–Kier alpha value is -1.28. The van der Waals surface area contributed by atoms with E-state index in [1.807, 2.05) is 12.1 Å². The summed E-state index contributed by atoms with van der Waals surface area (Å²) in [5, 5.41) is 0. The Morgan fingerprint density at radius 1 is 1.50 bits per heavy atom. The molecule has 0 radical (unpaired) electrons. The molecule has 1 aromatic carbocycles. The summed E-state index contributed by atoms with van der Waals surface area (Å²) in [6, 6.07) is 6.49. The molecule has 1 unspecified atom stereocenters. The van der Waals surface area contributed by atoms with E-state index in [0.29, 0.717) is 0 Å². The number of hydrogen-bond donors (Lipinski definition) is 1. The maximum atomic E-state index is 5.98. The van der Waals surface area contributed by atoms with Gasteiger partial charge < -0.3 is 10.5 Å². The molecule has 1 aliphatic rings. The molecule has 0 aromatic heterocycles. The average Bonchev–Trinajstić information content (AvgIpc) is 2.66. The molecule has 0 amide bonds. The fourth-order valence-corrected chi connectivity index (χ4v) is 2.13. The third-order valence-electron chi connectivity index (χ3n) is 3.06. The van der Waals surface area contributed by atoms with Gasteiger partial charge in [-0.15, -0.1) is 6.58 Å². The minimum Gasteiger partial charge on any atom is -0.494 e. The maximum absolute atomic E-state index is 5.98. The molecule has 0 saturated heterocycles. The topological polar surface area (TPSA) is 35.2 Å². The normalized spacial score (nSPS) is 18.2. The smallest absolute Gasteiger partial charge is 0.119 e. The molecule has 2 nitrogen and oxygen atoms in total. The highest BCUT2D eigenvalue weighted by atomic mass is 16.5. The lowest BCUT2D eigenvalue weighted by molar-refractivity contribution is 0.312. The number of ether oxygens (including phenoxy) is 1. The molecule has 0 heterocycles. The van der Waals surface area contributed by atoms with Gasteiger partial charge in [0.25, 0.3) is 0 Å². The zero-order valence-corrected chi connectivity index (χ0v) is 9.61. The van der Waals surface area contributed by atoms with Crippen LogP contribution in [0.5, 0.6) is 5.75 Å². The number of nitrogens with two attached hydrogens (primary N) is 1. The highest BCUT2D eigenvalue weighted by molar-refractivity contribution is 5.40. The quantitative estimate of drug-likeness (QED) is 0.608. The Morgan fingerprint density at radius 2 is 2.38 bits per heavy atom. The molecule has 2 heteroatoms. The zero-order chi connectivity index (χ0) is 11.4. The standard InChI is InChI=1S/C14H19NO/c1-2-3-4-9-16-12-6-7-13-11(10-12)5-8-14(13)15/h2,6-7,10,14H,1,3-5,8-9,15H2. The molecular formula is C14H19NO. The van der Waals surface area contributed by atoms with Gasteiger partial charge >= 0.3 is 0 Å². The van der Waals surface area contributed by atoms with E-state index in [4.69, 9.17) is 10.5 Å². The first kappa shape index (κ1) is 11.2. The van der Waals surface area contributed by atoms with Crippen LogP contribution in [0, 0.1) is 0 Å². The van der Waals surface area contributed by atoms with E-state index in [1.54, 1.807) is 0 Å². The molecule has 0 fully saturated rings. The van der Waals surface area contributed by atoms with Gasteiger partial charge in [-0.25, -0.2) is 0 Å². The van der Waals surface area contributed by atoms with Crippen LogP contribution in [0.2, 0.25) is 0 Å². The van der Waals surface area contributed by atoms with E-state index < -0.39 is 0 Å². The van der Waals surface area contributed by atoms with E-state index in [1.165, 1.54) is 11.1 Å². The number of hydrogen-bond acceptors (Lipinski definition) is 2. The molecule has 0 spiro atoms. The fourth-order valence-electron chi connectivity index (χ4n) is 2.13. The van der Waals surface area contributed by atoms with Crippen LogP contribution in [-0.4, -0.2) is 6.61 Å². The van der Waals surface area contributed by atoms with Crippen molar-refractivity contribution in [2.45, 2.75) is 31.7 Å². The summed E-state index contributed by atoms with van der Waals surface area (Å²) in [7, 11) is 0. The minimum absolute atomic E-state index is 0.227. The largest absolute Gasteiger partial charge is 0.494 e. The molecule has 16 heavy (non-hydrogen) atoms. The van der Waals surface area contributed by atoms with E-state index in [-0.39, 0.29) is 6.04 Å². The van der Waals surface area contributed by atoms with Gasteiger partial charge in [-0.05, 0) is 48.9 Å². The average molecular weight is 217 g/mol. The predicted molar refractivity (Wildman–Crippen MR) is 66.6 cm³/mol. The molecule has 1 aliphatic carbocycles. The van der Waals surface area contributed by atoms with E-state index in [0.717, 1.165) is 38.0 Å². The van der Waals surface area contributed by atoms with Crippen molar-refractivity contribution < 1.29 is 4.74 Å². The lowest BCUT2D eigenvalue weighted by Crippen LogP contribution is -2.05. The van der Waals surface area contributed by atoms with Gasteiger partial charge in [0.05, 0.1) is 6.61 Å². The molecule has 1 aromatic rings. The van der Waals surface area contributed by atoms with Crippen LogP contribution in [0.4, 0.5) is 0 Å². The van der Waals surface area contributed by atoms with Crippen molar-refractivity contribution in [2.75, 3.05) is 6.61 Å². The van der Waals surface area contributed by atoms with Gasteiger partial charge in [-0.1, -0.05) is 12.1 Å². The fraction of sp³-hybridized carbons (Fsp3) is 0.429. The number of allylic oxidation sites excluding steroid dienone is 1. The van der Waals surface area contributed by atoms with Crippen molar-refractivity contribution in [1.29, 1.82) is 0 Å². The number of rotatable bonds is 5. The summed E-state index contributed by atoms with van der Waals surface area (Å²) < 4.78 is 5.68. The molecule has 0 aliphatic heterocycles. The van der Waals surface area contributed by atoms with Crippen LogP contribution in [0.3, 0.4) is 0 Å². The van der Waals surface area contributed by atoms with Gasteiger partial charge in [0, 0.05) is 6.04 Å². The second-order valence-corrected chi connectivity index (χ2v) is 4.29. The molecule has 0 saturated carbocycles. The van der Waals surface area contributed by atoms with Gasteiger partial charge in [-0.3, -0.25) is 0 Å². The Labute approximate surface area is 97.1 Å². The monoisotopic (exact) mass is 217 g/mol. The Balaban J connectivity index is 1.94. The van der Waals surface area contributed by atoms with Gasteiger partial charge in [0.15, 0.2) is 0 Å². The first-order valence-electron chi connectivity index (χ1n) is 5.93. The van der Waals surface area contributed by atoms with E-state index >= 15 is 0 Å². The summed E-state index contributed by atoms with van der Waals surface area (Å²) in [5.74, 6) is 0.969. The molecule has 2 rings (SSSR count). The summed E-state index contributed by atoms with van der Waals surface area (Å²) >= 11 is 0. The lowest BCUT2D eigenvalue weighted by Gasteiger charge is -2.08. The van der Waals surface area contributed by atoms with Crippen molar-refractivity contribution in [3.05, 3.63) is 42.0 Å². The third-order valence-corrected chi connectivity index (χ3v) is 3.06. The van der Waals surface area contributed by atoms with Crippen LogP contribution in [-0.2, 0) is 6.42 Å². The number of fused-ring (bicyclic) bond motifs is 1. The Bertz CT molecular complexity index is 373. The molecule has 2 N–H and O–H groups in total. The van der Waals surface area contributed by atoms with Crippen molar-refractivity contribution in [1.82, 2.24) is 0 Å². The van der Waals surface area contributed by atoms with Crippen molar-refractivity contribution in [3.63, 3.8) is 0 Å². The summed E-state index contributed by atoms with van der Waals surface area (Å²) in [4.78, 5) is 0. The van der Waals surface area contributed by atoms with Gasteiger partial charge in [-0.2, -0.15) is 0 Å². The van der Waals surface area contributed by atoms with Crippen LogP contribution in [0.25, 0.3) is 0 Å². The van der Waals surface area contributed by atoms with Crippen LogP contribution >= 0.6 is 0 Å². The number of aryl methyl sites for hydroxylation is 1. The molecule has 0 bridgehead atoms. The summed E-state index contributed by atoms with van der Waals surface area (Å²) in [6.07, 6.45) is 6.11. The molecule has 86 valence electrons. The van der Waals surface area contributed by atoms with Crippen LogP contribution < -0.4 is 10.5 Å². The summed E-state index contributed by atoms with van der Waals surface area (Å²) in [6.45, 7) is 4.45. The van der Waals surface area contributed by atoms with Gasteiger partial charge in [0.1, 0.15) is 5.75 Å². The highest BCUT2D eigenvalue weighted by Gasteiger charge is 2.18. The highest BCUT2D eigenvalue weighted by Crippen LogP contribution is 2.31. The Morgan fingerprint density at radius 3 is 3.19 bits per heavy atom. The zero-order valence-electron chi connectivity index (χ0n) is 9.61. The predicted octanol–water partition coefficient (Wildman–Crippen LogP) is 2.98. The SMILES string of the molecule is C=CCCCOc1ccc2c(c1)CCC2N. The number of unbranched alkanes of at least 4 members (excludes halogenated alkanes) is 1. The molecule has 1 atom stereocenters. The first-order valence-corrected chi connectivity index (χ1v) is 5.93. The van der Waals surface area contributed by atoms with Crippen molar-refractivity contribution in [2.24, 2.45) is 5.73 Å². The maximum Gasteiger partial charge on any atom is 0.119 e. The van der Waals surface area contributed by atoms with E-state index in [2.05, 4.69) is 18.7 Å². The Kier molecular flexibility index (Phi) is 3.62. The van der Waals surface area contributed by atoms with Crippen LogP contribution in [0.15, 0.2) is 30.9 Å². The van der Waals surface area contributed by atoms with Gasteiger partial charge in [0.2, 0.25) is 0 Å². The molecular weight excluding hydrogens is 198 g/mol. The summed E-state index contributed by atoms with van der Waals surface area (Å²) in [5.41, 5.74) is 8.63. The van der Waals surface area contributed by atoms with Crippen molar-refractivity contribution >= 4 is 0 Å². The lowest BCUT2D eigenvalue weighted by atomic mass is 10.1. The second kappa shape index (κ2) is 5.17. The second-order valence-electron chi connectivity index (χ2n) is 4.29. The third kappa shape index (κ3) is 2.45. The minimum atomic E-state index is 0.227.